The van der Waals surface area contributed by atoms with E-state index in [9.17, 15) is 5.11 Å². The summed E-state index contributed by atoms with van der Waals surface area (Å²) in [7, 11) is 0. The van der Waals surface area contributed by atoms with Crippen LogP contribution in [0.15, 0.2) is 48.5 Å². The number of aromatic hydroxyl groups is 1. The fourth-order valence-corrected chi connectivity index (χ4v) is 3.23. The molecular weight excluding hydrogens is 324 g/mol. The third-order valence-electron chi connectivity index (χ3n) is 4.80. The van der Waals surface area contributed by atoms with E-state index in [4.69, 9.17) is 9.47 Å². The Morgan fingerprint density at radius 3 is 2.08 bits per heavy atom. The summed E-state index contributed by atoms with van der Waals surface area (Å²) in [5.74, 6) is 2.11. The van der Waals surface area contributed by atoms with E-state index < -0.39 is 0 Å². The van der Waals surface area contributed by atoms with Gasteiger partial charge in [0.1, 0.15) is 11.5 Å². The molecule has 2 aromatic carbocycles. The first-order valence-electron chi connectivity index (χ1n) is 9.70. The van der Waals surface area contributed by atoms with E-state index in [1.54, 1.807) is 12.1 Å². The molecule has 0 saturated carbocycles. The molecule has 26 heavy (non-hydrogen) atoms. The molecule has 3 atom stereocenters. The minimum absolute atomic E-state index is 0.225. The van der Waals surface area contributed by atoms with E-state index in [-0.39, 0.29) is 6.29 Å². The van der Waals surface area contributed by atoms with Crippen molar-refractivity contribution in [3.8, 4) is 11.5 Å². The van der Waals surface area contributed by atoms with Crippen LogP contribution in [-0.2, 0) is 4.74 Å². The Morgan fingerprint density at radius 2 is 1.50 bits per heavy atom. The van der Waals surface area contributed by atoms with Crippen LogP contribution >= 0.6 is 0 Å². The van der Waals surface area contributed by atoms with Gasteiger partial charge in [-0.1, -0.05) is 45.0 Å². The standard InChI is InChI=1S/C23H32O3/c1-5-15-25-18(4)26-23-13-9-21(10-14-23)19(6-2)16-17(3)20-7-11-22(24)12-8-20/h7-14,17-19,24H,5-6,15-16H2,1-4H3. The van der Waals surface area contributed by atoms with Gasteiger partial charge in [0.25, 0.3) is 0 Å². The Bertz CT molecular complexity index is 634. The number of hydrogen-bond donors (Lipinski definition) is 1. The van der Waals surface area contributed by atoms with Crippen molar-refractivity contribution in [2.75, 3.05) is 6.61 Å². The van der Waals surface area contributed by atoms with Crippen molar-refractivity contribution < 1.29 is 14.6 Å². The van der Waals surface area contributed by atoms with Crippen molar-refractivity contribution in [2.24, 2.45) is 0 Å². The molecular formula is C23H32O3. The molecule has 3 heteroatoms. The van der Waals surface area contributed by atoms with Gasteiger partial charge in [0.05, 0.1) is 6.61 Å². The second-order valence-electron chi connectivity index (χ2n) is 6.96. The Hall–Kier alpha value is -2.00. The van der Waals surface area contributed by atoms with Crippen molar-refractivity contribution in [2.45, 2.75) is 65.1 Å². The summed E-state index contributed by atoms with van der Waals surface area (Å²) in [5, 5.41) is 9.46. The molecule has 2 rings (SSSR count). The molecule has 142 valence electrons. The van der Waals surface area contributed by atoms with Crippen LogP contribution in [0.25, 0.3) is 0 Å². The van der Waals surface area contributed by atoms with Gasteiger partial charge in [0.2, 0.25) is 0 Å². The van der Waals surface area contributed by atoms with Crippen LogP contribution in [0.1, 0.15) is 69.9 Å². The zero-order valence-corrected chi connectivity index (χ0v) is 16.4. The van der Waals surface area contributed by atoms with Gasteiger partial charge >= 0.3 is 0 Å². The molecule has 0 heterocycles. The second-order valence-corrected chi connectivity index (χ2v) is 6.96. The summed E-state index contributed by atoms with van der Waals surface area (Å²) in [4.78, 5) is 0. The molecule has 2 aromatic rings. The zero-order valence-electron chi connectivity index (χ0n) is 16.4. The maximum Gasteiger partial charge on any atom is 0.196 e. The van der Waals surface area contributed by atoms with Crippen LogP contribution < -0.4 is 4.74 Å². The van der Waals surface area contributed by atoms with Crippen LogP contribution in [0.4, 0.5) is 0 Å². The van der Waals surface area contributed by atoms with Gasteiger partial charge in [0, 0.05) is 0 Å². The van der Waals surface area contributed by atoms with Crippen molar-refractivity contribution in [3.05, 3.63) is 59.7 Å². The van der Waals surface area contributed by atoms with Crippen molar-refractivity contribution in [3.63, 3.8) is 0 Å². The smallest absolute Gasteiger partial charge is 0.196 e. The highest BCUT2D eigenvalue weighted by Crippen LogP contribution is 2.33. The first-order valence-corrected chi connectivity index (χ1v) is 9.70. The van der Waals surface area contributed by atoms with Crippen LogP contribution in [0, 0.1) is 0 Å². The number of rotatable bonds is 10. The number of phenolic OH excluding ortho intramolecular Hbond substituents is 1. The molecule has 0 aliphatic carbocycles. The summed E-state index contributed by atoms with van der Waals surface area (Å²) in [6.07, 6.45) is 2.94. The molecule has 0 saturated heterocycles. The lowest BCUT2D eigenvalue weighted by Crippen LogP contribution is -2.16. The molecule has 0 bridgehead atoms. The number of benzene rings is 2. The number of hydrogen-bond acceptors (Lipinski definition) is 3. The van der Waals surface area contributed by atoms with Crippen LogP contribution in [0.5, 0.6) is 11.5 Å². The maximum atomic E-state index is 9.46. The predicted molar refractivity (Wildman–Crippen MR) is 107 cm³/mol. The lowest BCUT2D eigenvalue weighted by atomic mass is 9.84. The van der Waals surface area contributed by atoms with Gasteiger partial charge in [-0.3, -0.25) is 0 Å². The lowest BCUT2D eigenvalue weighted by molar-refractivity contribution is -0.0663. The quantitative estimate of drug-likeness (QED) is 0.513. The summed E-state index contributed by atoms with van der Waals surface area (Å²) in [6.45, 7) is 9.22. The topological polar surface area (TPSA) is 38.7 Å². The molecule has 0 spiro atoms. The Balaban J connectivity index is 1.97. The molecule has 0 aliphatic rings. The molecule has 3 nitrogen and oxygen atoms in total. The van der Waals surface area contributed by atoms with Gasteiger partial charge in [-0.05, 0) is 73.4 Å². The Kier molecular flexibility index (Phi) is 7.99. The predicted octanol–water partition coefficient (Wildman–Crippen LogP) is 6.23. The first-order chi connectivity index (χ1) is 12.5. The average molecular weight is 357 g/mol. The Morgan fingerprint density at radius 1 is 0.885 bits per heavy atom. The van der Waals surface area contributed by atoms with E-state index in [0.717, 1.165) is 25.0 Å². The molecule has 1 N–H and O–H groups in total. The monoisotopic (exact) mass is 356 g/mol. The van der Waals surface area contributed by atoms with E-state index in [2.05, 4.69) is 32.9 Å². The van der Waals surface area contributed by atoms with E-state index in [0.29, 0.717) is 24.2 Å². The normalized spacial score (nSPS) is 14.6. The molecule has 0 aliphatic heterocycles. The summed E-state index contributed by atoms with van der Waals surface area (Å²) >= 11 is 0. The summed E-state index contributed by atoms with van der Waals surface area (Å²) in [6, 6.07) is 16.0. The van der Waals surface area contributed by atoms with Gasteiger partial charge in [0.15, 0.2) is 6.29 Å². The molecule has 0 radical (unpaired) electrons. The zero-order chi connectivity index (χ0) is 18.9. The highest BCUT2D eigenvalue weighted by molar-refractivity contribution is 5.31. The minimum atomic E-state index is -0.225. The van der Waals surface area contributed by atoms with Crippen molar-refractivity contribution >= 4 is 0 Å². The van der Waals surface area contributed by atoms with E-state index >= 15 is 0 Å². The van der Waals surface area contributed by atoms with E-state index in [1.165, 1.54) is 11.1 Å². The third-order valence-corrected chi connectivity index (χ3v) is 4.80. The van der Waals surface area contributed by atoms with Gasteiger partial charge in [-0.25, -0.2) is 0 Å². The molecule has 0 aromatic heterocycles. The lowest BCUT2D eigenvalue weighted by Gasteiger charge is -2.21. The Labute approximate surface area is 158 Å². The van der Waals surface area contributed by atoms with Gasteiger partial charge in [-0.2, -0.15) is 0 Å². The summed E-state index contributed by atoms with van der Waals surface area (Å²) < 4.78 is 11.4. The third kappa shape index (κ3) is 6.06. The minimum Gasteiger partial charge on any atom is -0.508 e. The SMILES string of the molecule is CCCOC(C)Oc1ccc(C(CC)CC(C)c2ccc(O)cc2)cc1. The van der Waals surface area contributed by atoms with E-state index in [1.807, 2.05) is 31.2 Å². The van der Waals surface area contributed by atoms with Gasteiger partial charge in [-0.15, -0.1) is 0 Å². The van der Waals surface area contributed by atoms with Gasteiger partial charge < -0.3 is 14.6 Å². The fourth-order valence-electron chi connectivity index (χ4n) is 3.23. The molecule has 0 fully saturated rings. The second kappa shape index (κ2) is 10.2. The van der Waals surface area contributed by atoms with Crippen LogP contribution in [0.3, 0.4) is 0 Å². The molecule has 0 amide bonds. The maximum absolute atomic E-state index is 9.46. The van der Waals surface area contributed by atoms with Crippen LogP contribution in [-0.4, -0.2) is 18.0 Å². The van der Waals surface area contributed by atoms with Crippen LogP contribution in [0.2, 0.25) is 0 Å². The first kappa shape index (κ1) is 20.3. The number of ether oxygens (including phenoxy) is 2. The average Bonchev–Trinajstić information content (AvgIpc) is 2.65. The fraction of sp³-hybridized carbons (Fsp3) is 0.478. The highest BCUT2D eigenvalue weighted by atomic mass is 16.7. The number of phenols is 1. The van der Waals surface area contributed by atoms with Crippen molar-refractivity contribution in [1.82, 2.24) is 0 Å². The summed E-state index contributed by atoms with van der Waals surface area (Å²) in [5.41, 5.74) is 2.61. The highest BCUT2D eigenvalue weighted by Gasteiger charge is 2.15. The largest absolute Gasteiger partial charge is 0.508 e. The molecule has 3 unspecified atom stereocenters. The van der Waals surface area contributed by atoms with Crippen molar-refractivity contribution in [1.29, 1.82) is 0 Å².